The molecule has 0 aromatic carbocycles. The number of hydrogen-bond acceptors (Lipinski definition) is 2. The van der Waals surface area contributed by atoms with Crippen LogP contribution in [0.1, 0.15) is 37.7 Å². The highest BCUT2D eigenvalue weighted by Crippen LogP contribution is 2.19. The molecule has 0 aliphatic rings. The highest BCUT2D eigenvalue weighted by atomic mass is 15.3. The lowest BCUT2D eigenvalue weighted by Gasteiger charge is -2.12. The first-order chi connectivity index (χ1) is 7.97. The molecule has 0 spiro atoms. The van der Waals surface area contributed by atoms with E-state index in [4.69, 9.17) is 0 Å². The molecular formula is C14H25N3. The van der Waals surface area contributed by atoms with E-state index in [1.807, 2.05) is 11.7 Å². The quantitative estimate of drug-likeness (QED) is 0.850. The Labute approximate surface area is 105 Å². The largest absolute Gasteiger partial charge is 0.313 e. The number of nitrogens with zero attached hydrogens (tertiary/aromatic N) is 2. The van der Waals surface area contributed by atoms with Gasteiger partial charge in [-0.3, -0.25) is 4.68 Å². The minimum Gasteiger partial charge on any atom is -0.313 e. The van der Waals surface area contributed by atoms with Gasteiger partial charge in [0, 0.05) is 24.8 Å². The summed E-state index contributed by atoms with van der Waals surface area (Å²) in [5.41, 5.74) is 5.05. The minimum absolute atomic E-state index is 0.563. The van der Waals surface area contributed by atoms with Gasteiger partial charge in [0.15, 0.2) is 0 Å². The van der Waals surface area contributed by atoms with Crippen molar-refractivity contribution in [2.75, 3.05) is 13.1 Å². The van der Waals surface area contributed by atoms with Gasteiger partial charge < -0.3 is 5.32 Å². The normalized spacial score (nSPS) is 12.5. The Morgan fingerprint density at radius 3 is 2.47 bits per heavy atom. The average Bonchev–Trinajstić information content (AvgIpc) is 2.49. The van der Waals surface area contributed by atoms with Crippen LogP contribution in [0.2, 0.25) is 0 Å². The van der Waals surface area contributed by atoms with E-state index in [0.717, 1.165) is 18.8 Å². The van der Waals surface area contributed by atoms with Crippen molar-refractivity contribution in [3.8, 4) is 0 Å². The summed E-state index contributed by atoms with van der Waals surface area (Å²) in [7, 11) is 2.00. The number of aromatic nitrogens is 2. The van der Waals surface area contributed by atoms with Crippen LogP contribution < -0.4 is 5.32 Å². The summed E-state index contributed by atoms with van der Waals surface area (Å²) >= 11 is 0. The Bertz CT molecular complexity index is 400. The SMILES string of the molecule is CCNCC(=Cc1c(C)nn(C)c1C)C(C)C. The Balaban J connectivity index is 3.03. The second kappa shape index (κ2) is 6.01. The number of rotatable bonds is 5. The van der Waals surface area contributed by atoms with Gasteiger partial charge >= 0.3 is 0 Å². The summed E-state index contributed by atoms with van der Waals surface area (Å²) in [5.74, 6) is 0.563. The van der Waals surface area contributed by atoms with Gasteiger partial charge in [-0.25, -0.2) is 0 Å². The second-order valence-corrected chi connectivity index (χ2v) is 4.86. The third-order valence-corrected chi connectivity index (χ3v) is 3.22. The lowest BCUT2D eigenvalue weighted by molar-refractivity contribution is 0.682. The third-order valence-electron chi connectivity index (χ3n) is 3.22. The average molecular weight is 235 g/mol. The van der Waals surface area contributed by atoms with Gasteiger partial charge in [-0.2, -0.15) is 5.10 Å². The van der Waals surface area contributed by atoms with Crippen LogP contribution in [0, 0.1) is 19.8 Å². The number of hydrogen-bond donors (Lipinski definition) is 1. The number of nitrogens with one attached hydrogen (secondary N) is 1. The molecule has 3 nitrogen and oxygen atoms in total. The van der Waals surface area contributed by atoms with Gasteiger partial charge in [-0.1, -0.05) is 32.4 Å². The molecule has 0 fully saturated rings. The van der Waals surface area contributed by atoms with E-state index in [-0.39, 0.29) is 0 Å². The zero-order chi connectivity index (χ0) is 13.0. The second-order valence-electron chi connectivity index (χ2n) is 4.86. The summed E-state index contributed by atoms with van der Waals surface area (Å²) in [6.07, 6.45) is 2.30. The first-order valence-electron chi connectivity index (χ1n) is 6.38. The molecule has 0 amide bonds. The monoisotopic (exact) mass is 235 g/mol. The Hall–Kier alpha value is -1.09. The van der Waals surface area contributed by atoms with Crippen molar-refractivity contribution in [3.05, 3.63) is 22.5 Å². The molecule has 1 aromatic rings. The minimum atomic E-state index is 0.563. The molecule has 0 saturated carbocycles. The summed E-state index contributed by atoms with van der Waals surface area (Å²) in [4.78, 5) is 0. The summed E-state index contributed by atoms with van der Waals surface area (Å²) < 4.78 is 1.95. The topological polar surface area (TPSA) is 29.9 Å². The smallest absolute Gasteiger partial charge is 0.0668 e. The molecule has 1 rings (SSSR count). The van der Waals surface area contributed by atoms with E-state index in [9.17, 15) is 0 Å². The van der Waals surface area contributed by atoms with E-state index in [2.05, 4.69) is 51.1 Å². The molecule has 1 heterocycles. The standard InChI is InChI=1S/C14H25N3/c1-7-15-9-13(10(2)3)8-14-11(4)16-17(6)12(14)5/h8,10,15H,7,9H2,1-6H3. The summed E-state index contributed by atoms with van der Waals surface area (Å²) in [6.45, 7) is 12.8. The molecule has 0 aliphatic heterocycles. The van der Waals surface area contributed by atoms with Crippen LogP contribution in [-0.2, 0) is 7.05 Å². The van der Waals surface area contributed by atoms with Gasteiger partial charge in [0.25, 0.3) is 0 Å². The maximum Gasteiger partial charge on any atom is 0.0668 e. The molecule has 0 bridgehead atoms. The Kier molecular flexibility index (Phi) is 4.94. The van der Waals surface area contributed by atoms with Gasteiger partial charge in [0.2, 0.25) is 0 Å². The molecule has 0 saturated heterocycles. The fraction of sp³-hybridized carbons (Fsp3) is 0.643. The lowest BCUT2D eigenvalue weighted by Crippen LogP contribution is -2.18. The van der Waals surface area contributed by atoms with Crippen molar-refractivity contribution in [3.63, 3.8) is 0 Å². The van der Waals surface area contributed by atoms with Crippen molar-refractivity contribution in [2.24, 2.45) is 13.0 Å². The van der Waals surface area contributed by atoms with Crippen molar-refractivity contribution >= 4 is 6.08 Å². The number of likely N-dealkylation sites (N-methyl/N-ethyl adjacent to an activating group) is 1. The third kappa shape index (κ3) is 3.43. The fourth-order valence-corrected chi connectivity index (χ4v) is 1.88. The van der Waals surface area contributed by atoms with E-state index in [0.29, 0.717) is 5.92 Å². The Morgan fingerprint density at radius 1 is 1.41 bits per heavy atom. The van der Waals surface area contributed by atoms with E-state index >= 15 is 0 Å². The van der Waals surface area contributed by atoms with Crippen molar-refractivity contribution in [2.45, 2.75) is 34.6 Å². The predicted molar refractivity (Wildman–Crippen MR) is 74.0 cm³/mol. The Morgan fingerprint density at radius 2 is 2.06 bits per heavy atom. The number of aryl methyl sites for hydroxylation is 2. The van der Waals surface area contributed by atoms with Gasteiger partial charge in [0.05, 0.1) is 5.69 Å². The zero-order valence-corrected chi connectivity index (χ0v) is 12.0. The first-order valence-corrected chi connectivity index (χ1v) is 6.38. The summed E-state index contributed by atoms with van der Waals surface area (Å²) in [5, 5.41) is 7.86. The van der Waals surface area contributed by atoms with Crippen LogP contribution in [0.15, 0.2) is 5.57 Å². The maximum absolute atomic E-state index is 4.45. The van der Waals surface area contributed by atoms with Crippen molar-refractivity contribution < 1.29 is 0 Å². The maximum atomic E-state index is 4.45. The van der Waals surface area contributed by atoms with Gasteiger partial charge in [-0.15, -0.1) is 0 Å². The molecule has 0 unspecified atom stereocenters. The van der Waals surface area contributed by atoms with Crippen LogP contribution in [0.25, 0.3) is 6.08 Å². The molecule has 3 heteroatoms. The lowest BCUT2D eigenvalue weighted by atomic mass is 9.99. The predicted octanol–water partition coefficient (Wildman–Crippen LogP) is 2.69. The van der Waals surface area contributed by atoms with Gasteiger partial charge in [-0.05, 0) is 26.3 Å². The molecule has 0 aliphatic carbocycles. The van der Waals surface area contributed by atoms with Crippen molar-refractivity contribution in [1.29, 1.82) is 0 Å². The first kappa shape index (κ1) is 14.0. The molecule has 0 atom stereocenters. The van der Waals surface area contributed by atoms with E-state index in [1.165, 1.54) is 16.8 Å². The van der Waals surface area contributed by atoms with Crippen molar-refractivity contribution in [1.82, 2.24) is 15.1 Å². The highest BCUT2D eigenvalue weighted by Gasteiger charge is 2.09. The van der Waals surface area contributed by atoms with Gasteiger partial charge in [0.1, 0.15) is 0 Å². The van der Waals surface area contributed by atoms with Crippen LogP contribution in [0.3, 0.4) is 0 Å². The van der Waals surface area contributed by atoms with E-state index in [1.54, 1.807) is 0 Å². The van der Waals surface area contributed by atoms with Crippen LogP contribution >= 0.6 is 0 Å². The summed E-state index contributed by atoms with van der Waals surface area (Å²) in [6, 6.07) is 0. The molecule has 0 radical (unpaired) electrons. The zero-order valence-electron chi connectivity index (χ0n) is 12.0. The molecular weight excluding hydrogens is 210 g/mol. The molecule has 1 aromatic heterocycles. The van der Waals surface area contributed by atoms with Crippen LogP contribution in [-0.4, -0.2) is 22.9 Å². The fourth-order valence-electron chi connectivity index (χ4n) is 1.88. The van der Waals surface area contributed by atoms with E-state index < -0.39 is 0 Å². The van der Waals surface area contributed by atoms with Crippen LogP contribution in [0.5, 0.6) is 0 Å². The highest BCUT2D eigenvalue weighted by molar-refractivity contribution is 5.58. The molecule has 1 N–H and O–H groups in total. The molecule has 17 heavy (non-hydrogen) atoms. The van der Waals surface area contributed by atoms with Crippen LogP contribution in [0.4, 0.5) is 0 Å². The molecule has 96 valence electrons.